The number of carbonyl (C=O) groups is 1. The van der Waals surface area contributed by atoms with Gasteiger partial charge in [0.15, 0.2) is 11.5 Å². The van der Waals surface area contributed by atoms with Crippen molar-refractivity contribution in [2.75, 3.05) is 23.3 Å². The van der Waals surface area contributed by atoms with Crippen molar-refractivity contribution >= 4 is 34.0 Å². The van der Waals surface area contributed by atoms with Crippen molar-refractivity contribution in [1.29, 1.82) is 0 Å². The van der Waals surface area contributed by atoms with E-state index in [4.69, 9.17) is 0 Å². The molecule has 2 atom stereocenters. The number of carbonyl (C=O) groups excluding carboxylic acids is 1. The zero-order chi connectivity index (χ0) is 23.3. The zero-order valence-corrected chi connectivity index (χ0v) is 18.9. The molecule has 1 amide bonds. The number of nitrogens with zero attached hydrogens (tertiary/aromatic N) is 6. The number of nitrogens with one attached hydrogen (secondary N) is 2. The lowest BCUT2D eigenvalue weighted by Crippen LogP contribution is -2.54. The van der Waals surface area contributed by atoms with Crippen LogP contribution in [0.25, 0.3) is 16.6 Å². The van der Waals surface area contributed by atoms with Gasteiger partial charge in [-0.15, -0.1) is 0 Å². The third-order valence-corrected chi connectivity index (χ3v) is 5.71. The van der Waals surface area contributed by atoms with Gasteiger partial charge < -0.3 is 19.9 Å². The summed E-state index contributed by atoms with van der Waals surface area (Å²) in [6.45, 7) is 9.40. The SMILES string of the molecule is Cc1cn2cc(NC(=O)c3cnc(N4C[C@H](C)N[C@@H](C)C4)c4cnc(C)nc34)cc(F)c2n1. The van der Waals surface area contributed by atoms with Crippen molar-refractivity contribution in [3.63, 3.8) is 0 Å². The summed E-state index contributed by atoms with van der Waals surface area (Å²) in [6.07, 6.45) is 6.58. The number of hydrogen-bond donors (Lipinski definition) is 2. The number of amides is 1. The highest BCUT2D eigenvalue weighted by atomic mass is 19.1. The summed E-state index contributed by atoms with van der Waals surface area (Å²) < 4.78 is 16.0. The molecule has 0 aromatic carbocycles. The molecule has 9 nitrogen and oxygen atoms in total. The summed E-state index contributed by atoms with van der Waals surface area (Å²) in [5.74, 6) is 0.370. The van der Waals surface area contributed by atoms with Gasteiger partial charge in [0.05, 0.1) is 27.8 Å². The van der Waals surface area contributed by atoms with Crippen LogP contribution in [0.2, 0.25) is 0 Å². The van der Waals surface area contributed by atoms with E-state index in [1.54, 1.807) is 36.8 Å². The smallest absolute Gasteiger partial charge is 0.259 e. The van der Waals surface area contributed by atoms with E-state index in [1.165, 1.54) is 12.3 Å². The molecule has 0 unspecified atom stereocenters. The third-order valence-electron chi connectivity index (χ3n) is 5.71. The van der Waals surface area contributed by atoms with E-state index in [9.17, 15) is 9.18 Å². The number of aryl methyl sites for hydroxylation is 2. The van der Waals surface area contributed by atoms with Crippen molar-refractivity contribution in [3.8, 4) is 0 Å². The molecule has 170 valence electrons. The second kappa shape index (κ2) is 8.04. The Kier molecular flexibility index (Phi) is 5.16. The van der Waals surface area contributed by atoms with E-state index in [0.717, 1.165) is 18.9 Å². The van der Waals surface area contributed by atoms with Crippen LogP contribution in [-0.2, 0) is 0 Å². The Bertz CT molecular complexity index is 1370. The fraction of sp³-hybridized carbons (Fsp3) is 0.348. The minimum atomic E-state index is -0.514. The Morgan fingerprint density at radius 1 is 1.12 bits per heavy atom. The van der Waals surface area contributed by atoms with Crippen LogP contribution in [0, 0.1) is 19.7 Å². The highest BCUT2D eigenvalue weighted by Crippen LogP contribution is 2.28. The molecule has 5 heterocycles. The molecule has 4 aromatic heterocycles. The Labute approximate surface area is 190 Å². The highest BCUT2D eigenvalue weighted by Gasteiger charge is 2.25. The van der Waals surface area contributed by atoms with Crippen molar-refractivity contribution in [3.05, 3.63) is 53.8 Å². The van der Waals surface area contributed by atoms with E-state index < -0.39 is 11.7 Å². The number of imidazole rings is 1. The molecular weight excluding hydrogens is 423 g/mol. The molecule has 1 fully saturated rings. The number of piperazine rings is 1. The molecule has 0 radical (unpaired) electrons. The van der Waals surface area contributed by atoms with Gasteiger partial charge in [0.1, 0.15) is 11.6 Å². The highest BCUT2D eigenvalue weighted by molar-refractivity contribution is 6.13. The summed E-state index contributed by atoms with van der Waals surface area (Å²) in [5, 5.41) is 6.99. The summed E-state index contributed by atoms with van der Waals surface area (Å²) in [7, 11) is 0. The van der Waals surface area contributed by atoms with Crippen molar-refractivity contribution in [1.82, 2.24) is 29.7 Å². The largest absolute Gasteiger partial charge is 0.353 e. The molecule has 1 aliphatic heterocycles. The molecule has 0 saturated carbocycles. The first kappa shape index (κ1) is 21.2. The minimum absolute atomic E-state index is 0.213. The predicted molar refractivity (Wildman–Crippen MR) is 124 cm³/mol. The van der Waals surface area contributed by atoms with Gasteiger partial charge in [0, 0.05) is 56.0 Å². The van der Waals surface area contributed by atoms with Crippen LogP contribution < -0.4 is 15.5 Å². The summed E-state index contributed by atoms with van der Waals surface area (Å²) >= 11 is 0. The van der Waals surface area contributed by atoms with Gasteiger partial charge in [0.2, 0.25) is 0 Å². The fourth-order valence-corrected chi connectivity index (χ4v) is 4.46. The van der Waals surface area contributed by atoms with Gasteiger partial charge in [-0.3, -0.25) is 4.79 Å². The van der Waals surface area contributed by atoms with Crippen LogP contribution in [0.15, 0.2) is 30.9 Å². The van der Waals surface area contributed by atoms with Crippen LogP contribution in [-0.4, -0.2) is 55.4 Å². The maximum atomic E-state index is 14.5. The van der Waals surface area contributed by atoms with Crippen molar-refractivity contribution < 1.29 is 9.18 Å². The average Bonchev–Trinajstić information content (AvgIpc) is 3.12. The number of halogens is 1. The normalized spacial score (nSPS) is 18.8. The molecule has 4 aromatic rings. The van der Waals surface area contributed by atoms with Crippen LogP contribution in [0.5, 0.6) is 0 Å². The van der Waals surface area contributed by atoms with Crippen LogP contribution in [0.4, 0.5) is 15.9 Å². The topological polar surface area (TPSA) is 100 Å². The standard InChI is InChI=1S/C23H25FN8O/c1-12-8-31(9-13(2)27-12)21-17-6-25-15(4)29-20(17)18(7-26-21)23(33)30-16-5-19(24)22-28-14(3)10-32(22)11-16/h5-7,10-13,27H,8-9H2,1-4H3,(H,30,33)/t12-,13-/m0/s1. The van der Waals surface area contributed by atoms with Gasteiger partial charge in [-0.2, -0.15) is 0 Å². The molecule has 10 heteroatoms. The Morgan fingerprint density at radius 3 is 2.64 bits per heavy atom. The maximum Gasteiger partial charge on any atom is 0.259 e. The lowest BCUT2D eigenvalue weighted by Gasteiger charge is -2.37. The quantitative estimate of drug-likeness (QED) is 0.497. The van der Waals surface area contributed by atoms with Gasteiger partial charge in [0.25, 0.3) is 5.91 Å². The van der Waals surface area contributed by atoms with Crippen LogP contribution in [0.1, 0.15) is 35.7 Å². The minimum Gasteiger partial charge on any atom is -0.353 e. The molecule has 2 N–H and O–H groups in total. The summed E-state index contributed by atoms with van der Waals surface area (Å²) in [6, 6.07) is 1.86. The molecular formula is C23H25FN8O. The zero-order valence-electron chi connectivity index (χ0n) is 18.9. The van der Waals surface area contributed by atoms with E-state index in [2.05, 4.69) is 49.3 Å². The number of fused-ring (bicyclic) bond motifs is 2. The second-order valence-electron chi connectivity index (χ2n) is 8.69. The first-order valence-electron chi connectivity index (χ1n) is 10.9. The van der Waals surface area contributed by atoms with E-state index in [1.807, 2.05) is 0 Å². The average molecular weight is 449 g/mol. The molecule has 5 rings (SSSR count). The number of aromatic nitrogens is 5. The number of rotatable bonds is 3. The van der Waals surface area contributed by atoms with Gasteiger partial charge >= 0.3 is 0 Å². The van der Waals surface area contributed by atoms with E-state index in [0.29, 0.717) is 45.8 Å². The molecule has 0 aliphatic carbocycles. The lowest BCUT2D eigenvalue weighted by atomic mass is 10.1. The molecule has 0 bridgehead atoms. The van der Waals surface area contributed by atoms with Crippen LogP contribution in [0.3, 0.4) is 0 Å². The van der Waals surface area contributed by atoms with E-state index >= 15 is 0 Å². The molecule has 33 heavy (non-hydrogen) atoms. The monoisotopic (exact) mass is 448 g/mol. The van der Waals surface area contributed by atoms with Crippen molar-refractivity contribution in [2.24, 2.45) is 0 Å². The van der Waals surface area contributed by atoms with Crippen molar-refractivity contribution in [2.45, 2.75) is 39.8 Å². The first-order chi connectivity index (χ1) is 15.8. The summed E-state index contributed by atoms with van der Waals surface area (Å²) in [5.41, 5.74) is 2.04. The Balaban J connectivity index is 1.53. The van der Waals surface area contributed by atoms with Gasteiger partial charge in [-0.1, -0.05) is 0 Å². The lowest BCUT2D eigenvalue weighted by molar-refractivity contribution is 0.102. The molecule has 1 saturated heterocycles. The summed E-state index contributed by atoms with van der Waals surface area (Å²) in [4.78, 5) is 33.1. The van der Waals surface area contributed by atoms with E-state index in [-0.39, 0.29) is 5.65 Å². The Morgan fingerprint density at radius 2 is 1.88 bits per heavy atom. The number of anilines is 2. The number of hydrogen-bond acceptors (Lipinski definition) is 7. The second-order valence-corrected chi connectivity index (χ2v) is 8.69. The fourth-order valence-electron chi connectivity index (χ4n) is 4.46. The first-order valence-corrected chi connectivity index (χ1v) is 10.9. The number of pyridine rings is 2. The molecule has 0 spiro atoms. The predicted octanol–water partition coefficient (Wildman–Crippen LogP) is 2.87. The maximum absolute atomic E-state index is 14.5. The van der Waals surface area contributed by atoms with Gasteiger partial charge in [-0.05, 0) is 27.7 Å². The molecule has 1 aliphatic rings. The Hall–Kier alpha value is -3.66. The van der Waals surface area contributed by atoms with Crippen LogP contribution >= 0.6 is 0 Å². The third kappa shape index (κ3) is 3.97. The van der Waals surface area contributed by atoms with Gasteiger partial charge in [-0.25, -0.2) is 24.3 Å².